The Morgan fingerprint density at radius 1 is 1.50 bits per heavy atom. The second-order valence-corrected chi connectivity index (χ2v) is 4.39. The zero-order valence-corrected chi connectivity index (χ0v) is 9.64. The summed E-state index contributed by atoms with van der Waals surface area (Å²) in [6.45, 7) is 0. The van der Waals surface area contributed by atoms with Gasteiger partial charge in [-0.25, -0.2) is 4.98 Å². The maximum absolute atomic E-state index is 7.28. The lowest BCUT2D eigenvalue weighted by atomic mass is 10.2. The number of nitrogens with zero attached hydrogens (tertiary/aromatic N) is 2. The van der Waals surface area contributed by atoms with Crippen molar-refractivity contribution < 1.29 is 0 Å². The van der Waals surface area contributed by atoms with E-state index >= 15 is 0 Å². The molecule has 0 bridgehead atoms. The van der Waals surface area contributed by atoms with Crippen molar-refractivity contribution in [2.24, 2.45) is 5.73 Å². The molecule has 0 radical (unpaired) electrons. The number of benzene rings is 1. The first kappa shape index (κ1) is 11.0. The van der Waals surface area contributed by atoms with E-state index in [0.717, 1.165) is 4.90 Å². The van der Waals surface area contributed by atoms with E-state index < -0.39 is 0 Å². The summed E-state index contributed by atoms with van der Waals surface area (Å²) in [6, 6.07) is 5.20. The van der Waals surface area contributed by atoms with Crippen LogP contribution >= 0.6 is 23.4 Å². The highest BCUT2D eigenvalue weighted by atomic mass is 35.5. The van der Waals surface area contributed by atoms with E-state index in [-0.39, 0.29) is 5.84 Å². The Labute approximate surface area is 101 Å². The van der Waals surface area contributed by atoms with Gasteiger partial charge in [0, 0.05) is 10.5 Å². The molecule has 5 nitrogen and oxygen atoms in total. The highest BCUT2D eigenvalue weighted by Crippen LogP contribution is 2.31. The minimum absolute atomic E-state index is 0.00175. The standard InChI is InChI=1S/C9H8ClN5S/c10-6-3-5(8(11)12)1-2-7(6)16-9-13-4-14-15-9/h1-4H,(H3,11,12)(H,13,14,15). The van der Waals surface area contributed by atoms with Crippen LogP contribution in [-0.2, 0) is 0 Å². The van der Waals surface area contributed by atoms with Crippen molar-refractivity contribution in [2.75, 3.05) is 0 Å². The Balaban J connectivity index is 2.26. The lowest BCUT2D eigenvalue weighted by Crippen LogP contribution is -2.10. The number of rotatable bonds is 3. The topological polar surface area (TPSA) is 91.4 Å². The molecule has 0 atom stereocenters. The number of aromatic amines is 1. The van der Waals surface area contributed by atoms with E-state index in [0.29, 0.717) is 15.7 Å². The van der Waals surface area contributed by atoms with Crippen molar-refractivity contribution in [3.8, 4) is 0 Å². The van der Waals surface area contributed by atoms with E-state index in [2.05, 4.69) is 15.2 Å². The Kier molecular flexibility index (Phi) is 3.12. The molecular formula is C9H8ClN5S. The molecule has 0 unspecified atom stereocenters. The lowest BCUT2D eigenvalue weighted by molar-refractivity contribution is 0.973. The fraction of sp³-hybridized carbons (Fsp3) is 0. The van der Waals surface area contributed by atoms with E-state index in [1.54, 1.807) is 18.2 Å². The molecule has 1 aromatic heterocycles. The molecule has 4 N–H and O–H groups in total. The molecule has 2 aromatic rings. The molecule has 82 valence electrons. The Morgan fingerprint density at radius 3 is 2.88 bits per heavy atom. The number of H-pyrrole nitrogens is 1. The molecule has 0 aliphatic carbocycles. The van der Waals surface area contributed by atoms with E-state index in [4.69, 9.17) is 22.7 Å². The number of amidine groups is 1. The number of nitrogens with one attached hydrogen (secondary N) is 2. The highest BCUT2D eigenvalue weighted by Gasteiger charge is 2.06. The van der Waals surface area contributed by atoms with Gasteiger partial charge in [0.15, 0.2) is 5.16 Å². The Bertz CT molecular complexity index is 511. The van der Waals surface area contributed by atoms with E-state index in [9.17, 15) is 0 Å². The van der Waals surface area contributed by atoms with Crippen LogP contribution in [0.15, 0.2) is 34.6 Å². The smallest absolute Gasteiger partial charge is 0.188 e. The summed E-state index contributed by atoms with van der Waals surface area (Å²) >= 11 is 7.42. The van der Waals surface area contributed by atoms with Crippen molar-refractivity contribution in [3.05, 3.63) is 35.1 Å². The second kappa shape index (κ2) is 4.54. The van der Waals surface area contributed by atoms with Crippen molar-refractivity contribution in [3.63, 3.8) is 0 Å². The van der Waals surface area contributed by atoms with Gasteiger partial charge in [0.25, 0.3) is 0 Å². The number of nitrogen functional groups attached to an aromatic ring is 1. The van der Waals surface area contributed by atoms with Crippen LogP contribution in [0.25, 0.3) is 0 Å². The molecule has 0 saturated carbocycles. The molecular weight excluding hydrogens is 246 g/mol. The summed E-state index contributed by atoms with van der Waals surface area (Å²) in [7, 11) is 0. The van der Waals surface area contributed by atoms with E-state index in [1.807, 2.05) is 0 Å². The van der Waals surface area contributed by atoms with Crippen LogP contribution in [0.5, 0.6) is 0 Å². The Hall–Kier alpha value is -1.53. The van der Waals surface area contributed by atoms with Gasteiger partial charge in [-0.1, -0.05) is 17.7 Å². The lowest BCUT2D eigenvalue weighted by Gasteiger charge is -2.03. The predicted octanol–water partition coefficient (Wildman–Crippen LogP) is 1.89. The zero-order valence-electron chi connectivity index (χ0n) is 8.07. The van der Waals surface area contributed by atoms with Crippen LogP contribution in [0.4, 0.5) is 0 Å². The third kappa shape index (κ3) is 2.34. The number of halogens is 1. The molecule has 0 saturated heterocycles. The van der Waals surface area contributed by atoms with Crippen LogP contribution in [0, 0.1) is 5.41 Å². The van der Waals surface area contributed by atoms with Crippen LogP contribution in [0.2, 0.25) is 5.02 Å². The van der Waals surface area contributed by atoms with Gasteiger partial charge in [0.2, 0.25) is 0 Å². The summed E-state index contributed by atoms with van der Waals surface area (Å²) in [6.07, 6.45) is 1.43. The first-order chi connectivity index (χ1) is 7.66. The normalized spacial score (nSPS) is 10.3. The van der Waals surface area contributed by atoms with Crippen LogP contribution in [0.1, 0.15) is 5.56 Å². The van der Waals surface area contributed by atoms with Crippen molar-refractivity contribution >= 4 is 29.2 Å². The fourth-order valence-corrected chi connectivity index (χ4v) is 2.09. The predicted molar refractivity (Wildman–Crippen MR) is 63.0 cm³/mol. The third-order valence-electron chi connectivity index (χ3n) is 1.84. The van der Waals surface area contributed by atoms with Gasteiger partial charge in [-0.15, -0.1) is 0 Å². The van der Waals surface area contributed by atoms with Gasteiger partial charge in [-0.2, -0.15) is 5.10 Å². The van der Waals surface area contributed by atoms with Crippen molar-refractivity contribution in [1.29, 1.82) is 5.41 Å². The summed E-state index contributed by atoms with van der Waals surface area (Å²) in [4.78, 5) is 4.82. The first-order valence-electron chi connectivity index (χ1n) is 4.34. The molecule has 1 aromatic carbocycles. The summed E-state index contributed by atoms with van der Waals surface area (Å²) < 4.78 is 0. The molecule has 0 aliphatic rings. The monoisotopic (exact) mass is 253 g/mol. The number of hydrogen-bond acceptors (Lipinski definition) is 4. The summed E-state index contributed by atoms with van der Waals surface area (Å²) in [5.74, 6) is -0.00175. The first-order valence-corrected chi connectivity index (χ1v) is 5.53. The zero-order chi connectivity index (χ0) is 11.5. The number of aromatic nitrogens is 3. The molecule has 2 rings (SSSR count). The fourth-order valence-electron chi connectivity index (χ4n) is 1.10. The molecule has 1 heterocycles. The molecule has 16 heavy (non-hydrogen) atoms. The van der Waals surface area contributed by atoms with Crippen LogP contribution in [-0.4, -0.2) is 21.0 Å². The average Bonchev–Trinajstić information content (AvgIpc) is 2.73. The van der Waals surface area contributed by atoms with Crippen LogP contribution < -0.4 is 5.73 Å². The maximum atomic E-state index is 7.28. The quantitative estimate of drug-likeness (QED) is 0.575. The second-order valence-electron chi connectivity index (χ2n) is 2.95. The van der Waals surface area contributed by atoms with E-state index in [1.165, 1.54) is 18.1 Å². The molecule has 0 fully saturated rings. The van der Waals surface area contributed by atoms with Gasteiger partial charge in [-0.05, 0) is 23.9 Å². The number of nitrogens with two attached hydrogens (primary N) is 1. The summed E-state index contributed by atoms with van der Waals surface area (Å²) in [5, 5.41) is 14.9. The summed E-state index contributed by atoms with van der Waals surface area (Å²) in [5.41, 5.74) is 5.96. The molecule has 0 aliphatic heterocycles. The minimum Gasteiger partial charge on any atom is -0.384 e. The van der Waals surface area contributed by atoms with Gasteiger partial charge in [0.1, 0.15) is 12.2 Å². The Morgan fingerprint density at radius 2 is 2.31 bits per heavy atom. The highest BCUT2D eigenvalue weighted by molar-refractivity contribution is 7.99. The van der Waals surface area contributed by atoms with Crippen LogP contribution in [0.3, 0.4) is 0 Å². The largest absolute Gasteiger partial charge is 0.384 e. The van der Waals surface area contributed by atoms with Gasteiger partial charge in [0.05, 0.1) is 5.02 Å². The maximum Gasteiger partial charge on any atom is 0.188 e. The SMILES string of the molecule is N=C(N)c1ccc(Sc2ncn[nH]2)c(Cl)c1. The third-order valence-corrected chi connectivity index (χ3v) is 3.23. The van der Waals surface area contributed by atoms with Crippen molar-refractivity contribution in [2.45, 2.75) is 10.1 Å². The minimum atomic E-state index is -0.00175. The van der Waals surface area contributed by atoms with Gasteiger partial charge < -0.3 is 5.73 Å². The van der Waals surface area contributed by atoms with Crippen molar-refractivity contribution in [1.82, 2.24) is 15.2 Å². The van der Waals surface area contributed by atoms with Gasteiger partial charge >= 0.3 is 0 Å². The molecule has 0 amide bonds. The average molecular weight is 254 g/mol. The molecule has 0 spiro atoms. The molecule has 7 heteroatoms. The number of hydrogen-bond donors (Lipinski definition) is 3. The van der Waals surface area contributed by atoms with Gasteiger partial charge in [-0.3, -0.25) is 10.5 Å².